The number of carbonyl (C=O) groups is 1. The molecule has 35 heavy (non-hydrogen) atoms. The van der Waals surface area contributed by atoms with E-state index in [4.69, 9.17) is 4.74 Å². The zero-order chi connectivity index (χ0) is 25.2. The van der Waals surface area contributed by atoms with Gasteiger partial charge >= 0.3 is 0 Å². The molecular weight excluding hydrogens is 444 g/mol. The molecule has 1 aromatic carbocycles. The van der Waals surface area contributed by atoms with E-state index in [0.29, 0.717) is 17.6 Å². The molecule has 0 N–H and O–H groups in total. The van der Waals surface area contributed by atoms with Crippen molar-refractivity contribution in [1.29, 1.82) is 0 Å². The molecular formula is C32H46O2Si. The van der Waals surface area contributed by atoms with Crippen LogP contribution in [-0.4, -0.2) is 21.0 Å². The van der Waals surface area contributed by atoms with E-state index in [0.717, 1.165) is 12.2 Å². The van der Waals surface area contributed by atoms with E-state index in [9.17, 15) is 4.79 Å². The number of allylic oxidation sites excluding steroid dienone is 4. The first-order chi connectivity index (χ1) is 16.5. The minimum absolute atomic E-state index is 0.0968. The van der Waals surface area contributed by atoms with E-state index in [-0.39, 0.29) is 28.1 Å². The summed E-state index contributed by atoms with van der Waals surface area (Å²) in [5.41, 5.74) is 1.43. The number of Topliss-reactive ketones (excluding diaryl/α,β-unsaturated/α-hetero) is 1. The lowest BCUT2D eigenvalue weighted by Crippen LogP contribution is -2.48. The van der Waals surface area contributed by atoms with E-state index < -0.39 is 8.07 Å². The molecule has 3 saturated carbocycles. The smallest absolute Gasteiger partial charge is 0.141 e. The second-order valence-corrected chi connectivity index (χ2v) is 18.8. The van der Waals surface area contributed by atoms with E-state index in [1.165, 1.54) is 49.3 Å². The van der Waals surface area contributed by atoms with Crippen LogP contribution in [0, 0.1) is 34.5 Å². The fourth-order valence-electron chi connectivity index (χ4n) is 8.93. The second kappa shape index (κ2) is 8.47. The molecule has 5 rings (SSSR count). The van der Waals surface area contributed by atoms with Gasteiger partial charge < -0.3 is 4.74 Å². The molecule has 0 aliphatic heterocycles. The number of fused-ring (bicyclic) bond motifs is 2. The van der Waals surface area contributed by atoms with Crippen LogP contribution < -0.4 is 4.74 Å². The van der Waals surface area contributed by atoms with Crippen molar-refractivity contribution in [3.05, 3.63) is 53.3 Å². The number of benzene rings is 1. The highest BCUT2D eigenvalue weighted by molar-refractivity contribution is 6.82. The van der Waals surface area contributed by atoms with Crippen LogP contribution in [0.1, 0.15) is 71.3 Å². The zero-order valence-electron chi connectivity index (χ0n) is 23.1. The molecule has 0 amide bonds. The predicted octanol–water partition coefficient (Wildman–Crippen LogP) is 8.14. The molecule has 7 atom stereocenters. The average Bonchev–Trinajstić information content (AvgIpc) is 3.15. The van der Waals surface area contributed by atoms with Gasteiger partial charge in [0.15, 0.2) is 0 Å². The SMILES string of the molecule is COc1ccc([C@]23C=C[C@@]4(CCCC[C@]24C)[C@H]2CC[C@H](C)[C@H](C/C=C(/C)[Si](C)(C)C)C(=O)[C@H]23)cc1. The molecule has 3 fully saturated rings. The molecule has 190 valence electrons. The van der Waals surface area contributed by atoms with E-state index in [1.54, 1.807) is 7.11 Å². The van der Waals surface area contributed by atoms with Gasteiger partial charge in [0, 0.05) is 17.3 Å². The zero-order valence-corrected chi connectivity index (χ0v) is 24.1. The third kappa shape index (κ3) is 3.36. The summed E-state index contributed by atoms with van der Waals surface area (Å²) < 4.78 is 5.51. The Balaban J connectivity index is 1.63. The van der Waals surface area contributed by atoms with Crippen LogP contribution in [0.2, 0.25) is 19.6 Å². The highest BCUT2D eigenvalue weighted by atomic mass is 28.3. The summed E-state index contributed by atoms with van der Waals surface area (Å²) in [7, 11) is 0.405. The Morgan fingerprint density at radius 1 is 1.09 bits per heavy atom. The van der Waals surface area contributed by atoms with Crippen LogP contribution in [0.3, 0.4) is 0 Å². The molecule has 4 aliphatic rings. The number of ether oxygens (including phenoxy) is 1. The van der Waals surface area contributed by atoms with Gasteiger partial charge in [-0.1, -0.05) is 81.9 Å². The Kier molecular flexibility index (Phi) is 6.06. The number of ketones is 1. The normalized spacial score (nSPS) is 40.9. The maximum absolute atomic E-state index is 14.8. The fourth-order valence-corrected chi connectivity index (χ4v) is 9.66. The molecule has 0 aromatic heterocycles. The van der Waals surface area contributed by atoms with Crippen molar-refractivity contribution in [3.63, 3.8) is 0 Å². The fraction of sp³-hybridized carbons (Fsp3) is 0.656. The third-order valence-corrected chi connectivity index (χ3v) is 13.9. The second-order valence-electron chi connectivity index (χ2n) is 13.5. The molecule has 2 bridgehead atoms. The first-order valence-corrected chi connectivity index (χ1v) is 17.6. The molecule has 0 spiro atoms. The van der Waals surface area contributed by atoms with Gasteiger partial charge in [0.25, 0.3) is 0 Å². The number of rotatable bonds is 5. The van der Waals surface area contributed by atoms with Crippen molar-refractivity contribution in [2.45, 2.75) is 90.8 Å². The van der Waals surface area contributed by atoms with Gasteiger partial charge in [-0.25, -0.2) is 0 Å². The maximum Gasteiger partial charge on any atom is 0.141 e. The summed E-state index contributed by atoms with van der Waals surface area (Å²) in [4.78, 5) is 14.8. The number of methoxy groups -OCH3 is 1. The van der Waals surface area contributed by atoms with Crippen LogP contribution in [-0.2, 0) is 10.2 Å². The molecule has 4 aliphatic carbocycles. The first-order valence-electron chi connectivity index (χ1n) is 14.1. The summed E-state index contributed by atoms with van der Waals surface area (Å²) in [6, 6.07) is 8.76. The van der Waals surface area contributed by atoms with E-state index in [1.807, 2.05) is 0 Å². The Morgan fingerprint density at radius 3 is 2.43 bits per heavy atom. The van der Waals surface area contributed by atoms with Gasteiger partial charge in [-0.2, -0.15) is 0 Å². The van der Waals surface area contributed by atoms with Crippen molar-refractivity contribution in [1.82, 2.24) is 0 Å². The molecule has 0 heterocycles. The lowest BCUT2D eigenvalue weighted by atomic mass is 9.52. The van der Waals surface area contributed by atoms with Gasteiger partial charge in [0.05, 0.1) is 15.2 Å². The Labute approximate surface area is 214 Å². The van der Waals surface area contributed by atoms with Crippen LogP contribution in [0.15, 0.2) is 47.7 Å². The van der Waals surface area contributed by atoms with Crippen LogP contribution in [0.4, 0.5) is 0 Å². The molecule has 2 nitrogen and oxygen atoms in total. The standard InChI is InChI=1S/C32H46O2Si/c1-22-10-17-27-28(29(33)26(22)16-11-23(2)35(5,6)7)32(24-12-14-25(34-4)15-13-24)21-20-31(27)19-9-8-18-30(31,32)3/h11-15,20-22,26-28H,8-10,16-19H2,1-7H3/b23-11-/t22-,26-,27-,28-,30-,31-,32-/m0/s1. The topological polar surface area (TPSA) is 26.3 Å². The molecule has 0 unspecified atom stereocenters. The minimum Gasteiger partial charge on any atom is -0.497 e. The van der Waals surface area contributed by atoms with E-state index in [2.05, 4.69) is 82.9 Å². The quantitative estimate of drug-likeness (QED) is 0.307. The number of carbonyl (C=O) groups excluding carboxylic acids is 1. The highest BCUT2D eigenvalue weighted by Gasteiger charge is 2.77. The van der Waals surface area contributed by atoms with Crippen LogP contribution in [0.25, 0.3) is 0 Å². The van der Waals surface area contributed by atoms with Gasteiger partial charge in [0.2, 0.25) is 0 Å². The van der Waals surface area contributed by atoms with Gasteiger partial charge in [-0.3, -0.25) is 4.79 Å². The van der Waals surface area contributed by atoms with Crippen molar-refractivity contribution < 1.29 is 9.53 Å². The lowest BCUT2D eigenvalue weighted by Gasteiger charge is -2.51. The Morgan fingerprint density at radius 2 is 1.77 bits per heavy atom. The van der Waals surface area contributed by atoms with Crippen molar-refractivity contribution in [3.8, 4) is 5.75 Å². The first kappa shape index (κ1) is 25.1. The lowest BCUT2D eigenvalue weighted by molar-refractivity contribution is -0.130. The van der Waals surface area contributed by atoms with Crippen LogP contribution >= 0.6 is 0 Å². The summed E-state index contributed by atoms with van der Waals surface area (Å²) in [5.74, 6) is 2.63. The number of hydrogen-bond donors (Lipinski definition) is 0. The van der Waals surface area contributed by atoms with Gasteiger partial charge in [-0.05, 0) is 79.4 Å². The van der Waals surface area contributed by atoms with Gasteiger partial charge in [0.1, 0.15) is 11.5 Å². The summed E-state index contributed by atoms with van der Waals surface area (Å²) in [6.45, 7) is 14.4. The monoisotopic (exact) mass is 490 g/mol. The molecule has 0 radical (unpaired) electrons. The Hall–Kier alpha value is -1.61. The molecule has 0 saturated heterocycles. The summed E-state index contributed by atoms with van der Waals surface area (Å²) in [5, 5.41) is 1.54. The molecule has 1 aromatic rings. The Bertz CT molecular complexity index is 1050. The highest BCUT2D eigenvalue weighted by Crippen LogP contribution is 2.79. The van der Waals surface area contributed by atoms with Crippen molar-refractivity contribution >= 4 is 13.9 Å². The van der Waals surface area contributed by atoms with E-state index >= 15 is 0 Å². The van der Waals surface area contributed by atoms with Crippen LogP contribution in [0.5, 0.6) is 5.75 Å². The average molecular weight is 491 g/mol. The molecule has 3 heteroatoms. The minimum atomic E-state index is -1.33. The van der Waals surface area contributed by atoms with Gasteiger partial charge in [-0.15, -0.1) is 0 Å². The maximum atomic E-state index is 14.8. The third-order valence-electron chi connectivity index (χ3n) is 11.4. The summed E-state index contributed by atoms with van der Waals surface area (Å²) >= 11 is 0. The predicted molar refractivity (Wildman–Crippen MR) is 148 cm³/mol. The summed E-state index contributed by atoms with van der Waals surface area (Å²) in [6.07, 6.45) is 15.9. The number of hydrogen-bond acceptors (Lipinski definition) is 2. The van der Waals surface area contributed by atoms with Crippen molar-refractivity contribution in [2.24, 2.45) is 34.5 Å². The largest absolute Gasteiger partial charge is 0.497 e. The van der Waals surface area contributed by atoms with Crippen molar-refractivity contribution in [2.75, 3.05) is 7.11 Å².